The highest BCUT2D eigenvalue weighted by molar-refractivity contribution is 7.84. The molecule has 22 atom stereocenters. The van der Waals surface area contributed by atoms with Gasteiger partial charge in [0, 0.05) is 13.5 Å². The van der Waals surface area contributed by atoms with Gasteiger partial charge in [0.05, 0.1) is 43.7 Å². The van der Waals surface area contributed by atoms with Gasteiger partial charge in [-0.05, 0) is 20.3 Å². The molecular weight excluding hydrogens is 1030 g/mol. The van der Waals surface area contributed by atoms with Crippen LogP contribution in [0.1, 0.15) is 26.7 Å². The number of carboxylic acids is 1. The molecule has 0 radical (unpaired) electrons. The van der Waals surface area contributed by atoms with Crippen LogP contribution in [0.15, 0.2) is 0 Å². The Kier molecular flexibility index (Phi) is 19.0. The smallest absolute Gasteiger partial charge is 0.397 e. The van der Waals surface area contributed by atoms with Crippen LogP contribution in [-0.2, 0) is 102 Å². The van der Waals surface area contributed by atoms with Gasteiger partial charge in [-0.25, -0.2) is 13.2 Å². The van der Waals surface area contributed by atoms with Crippen LogP contribution in [-0.4, -0.2) is 249 Å². The van der Waals surface area contributed by atoms with E-state index in [1.165, 1.54) is 13.8 Å². The van der Waals surface area contributed by atoms with Gasteiger partial charge in [0.1, 0.15) is 61.0 Å². The number of carboxylic acid groups (broad SMARTS) is 1. The van der Waals surface area contributed by atoms with E-state index in [0.29, 0.717) is 0 Å². The second-order valence-corrected chi connectivity index (χ2v) is 20.3. The molecule has 5 aliphatic heterocycles. The lowest BCUT2D eigenvalue weighted by Crippen LogP contribution is -2.66. The van der Waals surface area contributed by atoms with Crippen molar-refractivity contribution in [3.8, 4) is 0 Å². The van der Waals surface area contributed by atoms with Crippen molar-refractivity contribution in [3.63, 3.8) is 0 Å². The monoisotopic (exact) mass is 1080 g/mol. The molecule has 5 saturated heterocycles. The predicted molar refractivity (Wildman–Crippen MR) is 206 cm³/mol. The molecule has 0 spiro atoms. The van der Waals surface area contributed by atoms with Gasteiger partial charge in [-0.1, -0.05) is 0 Å². The van der Waals surface area contributed by atoms with Gasteiger partial charge < -0.3 is 83.1 Å². The van der Waals surface area contributed by atoms with Gasteiger partial charge in [-0.2, -0.15) is 43.1 Å². The SMILES string of the molecule is CO[C@@H]1C[C@@H](O)[C@H](O[C@@H]2OC(C(=O)O)[C@@H](O[C@H]3OC(C)[C@@H](O[C@@H]4OC[C@@H](O[C@@H]5OC(C)[C@@H](O)[C@H](O)C5NS(=O)(=O)O)[C@H](O)C4O)CC3NS(=O)(=O)O)[C@H](O)C2OS(=O)(=O)O)C(COS(=O)(=O)O)O1. The molecule has 38 heteroatoms. The van der Waals surface area contributed by atoms with Crippen molar-refractivity contribution >= 4 is 47.4 Å². The van der Waals surface area contributed by atoms with Crippen molar-refractivity contribution in [2.24, 2.45) is 0 Å². The number of hydrogen-bond donors (Lipinski definition) is 13. The number of aliphatic hydroxyl groups is 6. The lowest BCUT2D eigenvalue weighted by atomic mass is 9.96. The molecule has 5 fully saturated rings. The molecule has 34 nitrogen and oxygen atoms in total. The summed E-state index contributed by atoms with van der Waals surface area (Å²) < 4.78 is 199. The molecule has 0 amide bonds. The minimum absolute atomic E-state index is 0.449. The average Bonchev–Trinajstić information content (AvgIpc) is 3.20. The molecule has 398 valence electrons. The zero-order valence-electron chi connectivity index (χ0n) is 35.2. The molecule has 0 aromatic heterocycles. The fourth-order valence-corrected chi connectivity index (χ4v) is 9.67. The van der Waals surface area contributed by atoms with E-state index in [0.717, 1.165) is 7.11 Å². The third-order valence-corrected chi connectivity index (χ3v) is 13.0. The molecular formula is C30H52N2O32S4. The van der Waals surface area contributed by atoms with E-state index >= 15 is 0 Å². The van der Waals surface area contributed by atoms with Gasteiger partial charge in [0.15, 0.2) is 43.7 Å². The molecule has 8 unspecified atom stereocenters. The maximum absolute atomic E-state index is 12.6. The Morgan fingerprint density at radius 2 is 1.22 bits per heavy atom. The molecule has 0 bridgehead atoms. The highest BCUT2D eigenvalue weighted by Crippen LogP contribution is 2.36. The van der Waals surface area contributed by atoms with Crippen LogP contribution in [0, 0.1) is 0 Å². The largest absolute Gasteiger partial charge is 0.479 e. The molecule has 13 N–H and O–H groups in total. The first-order valence-electron chi connectivity index (χ1n) is 19.7. The number of carbonyl (C=O) groups is 1. The Balaban J connectivity index is 1.32. The fourth-order valence-electron chi connectivity index (χ4n) is 7.69. The van der Waals surface area contributed by atoms with Crippen molar-refractivity contribution in [2.75, 3.05) is 20.3 Å². The minimum Gasteiger partial charge on any atom is -0.479 e. The van der Waals surface area contributed by atoms with Crippen molar-refractivity contribution in [3.05, 3.63) is 0 Å². The highest BCUT2D eigenvalue weighted by atomic mass is 32.3. The van der Waals surface area contributed by atoms with E-state index in [4.69, 9.17) is 51.9 Å². The molecule has 5 aliphatic rings. The molecule has 0 aromatic carbocycles. The Morgan fingerprint density at radius 1 is 0.618 bits per heavy atom. The Bertz CT molecular complexity index is 2160. The predicted octanol–water partition coefficient (Wildman–Crippen LogP) is -7.97. The first-order valence-corrected chi connectivity index (χ1v) is 25.3. The van der Waals surface area contributed by atoms with Crippen LogP contribution in [0.2, 0.25) is 0 Å². The van der Waals surface area contributed by atoms with Crippen molar-refractivity contribution < 1.29 is 148 Å². The molecule has 5 rings (SSSR count). The third-order valence-electron chi connectivity index (χ3n) is 10.9. The molecule has 0 saturated carbocycles. The van der Waals surface area contributed by atoms with E-state index in [2.05, 4.69) is 8.37 Å². The zero-order valence-corrected chi connectivity index (χ0v) is 38.4. The number of rotatable bonds is 19. The number of aliphatic carboxylic acids is 1. The van der Waals surface area contributed by atoms with Crippen LogP contribution in [0.5, 0.6) is 0 Å². The summed E-state index contributed by atoms with van der Waals surface area (Å²) in [5.41, 5.74) is 0. The Hall–Kier alpha value is -1.69. The summed E-state index contributed by atoms with van der Waals surface area (Å²) in [6.45, 7) is 0.723. The van der Waals surface area contributed by atoms with Gasteiger partial charge in [0.2, 0.25) is 0 Å². The van der Waals surface area contributed by atoms with E-state index in [1.54, 1.807) is 9.44 Å². The summed E-state index contributed by atoms with van der Waals surface area (Å²) in [5, 5.41) is 75.1. The molecule has 68 heavy (non-hydrogen) atoms. The third kappa shape index (κ3) is 15.2. The van der Waals surface area contributed by atoms with E-state index in [9.17, 15) is 87.9 Å². The van der Waals surface area contributed by atoms with Gasteiger partial charge >= 0.3 is 47.4 Å². The van der Waals surface area contributed by atoms with Crippen LogP contribution in [0.3, 0.4) is 0 Å². The maximum atomic E-state index is 12.6. The number of methoxy groups -OCH3 is 1. The van der Waals surface area contributed by atoms with E-state index < -0.39 is 209 Å². The molecule has 0 aliphatic carbocycles. The van der Waals surface area contributed by atoms with Gasteiger partial charge in [0.25, 0.3) is 0 Å². The van der Waals surface area contributed by atoms with Crippen molar-refractivity contribution in [1.82, 2.24) is 9.44 Å². The standard InChI is InChI=1S/C30H52N2O32S4/c1-8-12(59-29-20(37)18(35)13(6-54-29)60-28-16(32-66(44,45)46)19(36)17(34)9(2)57-28)4-10(31-65(41,42)43)27(56-8)62-23-21(38)24(64-68(50,51)52)30(63-25(23)26(39)40)61-22-11(33)5-15(53-3)58-14(22)7-55-67(47,48)49/h8-25,27-38H,4-7H2,1-3H3,(H,39,40)(H,41,42,43)(H,44,45,46)(H,47,48,49)(H,50,51,52)/t8?,9?,10?,11-,12+,13-,14?,15+,16?,17-,18+,19-,20?,21+,22+,23+,24?,25?,27-,28+,29+,30-/m1/s1. The second kappa shape index (κ2) is 22.6. The quantitative estimate of drug-likeness (QED) is 0.0534. The summed E-state index contributed by atoms with van der Waals surface area (Å²) in [7, 11) is -20.0. The summed E-state index contributed by atoms with van der Waals surface area (Å²) in [5.74, 6) is -2.00. The second-order valence-electron chi connectivity index (χ2n) is 15.8. The average molecular weight is 1080 g/mol. The highest BCUT2D eigenvalue weighted by Gasteiger charge is 2.56. The summed E-state index contributed by atoms with van der Waals surface area (Å²) in [4.78, 5) is 12.6. The fraction of sp³-hybridized carbons (Fsp3) is 0.967. The Labute approximate surface area is 386 Å². The first kappa shape index (κ1) is 57.2. The number of hydrogen-bond acceptors (Lipinski definition) is 27. The minimum atomic E-state index is -5.66. The van der Waals surface area contributed by atoms with E-state index in [1.807, 2.05) is 0 Å². The number of nitrogens with one attached hydrogen (secondary N) is 2. The van der Waals surface area contributed by atoms with Crippen LogP contribution < -0.4 is 9.44 Å². The van der Waals surface area contributed by atoms with Gasteiger partial charge in [-0.15, -0.1) is 0 Å². The van der Waals surface area contributed by atoms with Crippen molar-refractivity contribution in [1.29, 1.82) is 0 Å². The molecule has 0 aromatic rings. The van der Waals surface area contributed by atoms with E-state index in [-0.39, 0.29) is 0 Å². The zero-order chi connectivity index (χ0) is 51.0. The number of ether oxygens (including phenoxy) is 10. The van der Waals surface area contributed by atoms with Crippen molar-refractivity contribution in [2.45, 2.75) is 162 Å². The lowest BCUT2D eigenvalue weighted by molar-refractivity contribution is -0.359. The topological polar surface area (TPSA) is 511 Å². The summed E-state index contributed by atoms with van der Waals surface area (Å²) in [6.07, 6.45) is -39.2. The van der Waals surface area contributed by atoms with Crippen LogP contribution >= 0.6 is 0 Å². The lowest BCUT2D eigenvalue weighted by Gasteiger charge is -2.48. The van der Waals surface area contributed by atoms with Crippen LogP contribution in [0.25, 0.3) is 0 Å². The summed E-state index contributed by atoms with van der Waals surface area (Å²) >= 11 is 0. The number of aliphatic hydroxyl groups excluding tert-OH is 6. The molecule has 5 heterocycles. The summed E-state index contributed by atoms with van der Waals surface area (Å²) in [6, 6.07) is -3.72. The Morgan fingerprint density at radius 3 is 1.79 bits per heavy atom. The van der Waals surface area contributed by atoms with Crippen LogP contribution in [0.4, 0.5) is 0 Å². The normalized spacial score (nSPS) is 43.5. The first-order chi connectivity index (χ1) is 31.3. The maximum Gasteiger partial charge on any atom is 0.397 e. The van der Waals surface area contributed by atoms with Gasteiger partial charge in [-0.3, -0.25) is 18.2 Å².